The zero-order valence-corrected chi connectivity index (χ0v) is 13.2. The number of ether oxygens (including phenoxy) is 1. The van der Waals surface area contributed by atoms with Gasteiger partial charge in [-0.2, -0.15) is 5.10 Å². The van der Waals surface area contributed by atoms with E-state index in [2.05, 4.69) is 17.5 Å². The molecule has 1 saturated carbocycles. The number of benzene rings is 1. The highest BCUT2D eigenvalue weighted by Crippen LogP contribution is 2.22. The number of nitrogens with one attached hydrogen (secondary N) is 1. The summed E-state index contributed by atoms with van der Waals surface area (Å²) in [4.78, 5) is 11.7. The van der Waals surface area contributed by atoms with Crippen molar-refractivity contribution in [3.63, 3.8) is 0 Å². The third-order valence-electron chi connectivity index (χ3n) is 3.69. The standard InChI is InChI=1S/C16H21ClN2O2/c1-11-3-6-14(7-4-11)18-19-16(20)10-21-15-8-5-13(17)9-12(15)2/h5,8-9,11H,3-4,6-7,10H2,1-2H3,(H,19,20). The molecule has 1 aromatic rings. The van der Waals surface area contributed by atoms with Gasteiger partial charge in [-0.15, -0.1) is 0 Å². The lowest BCUT2D eigenvalue weighted by atomic mass is 9.90. The lowest BCUT2D eigenvalue weighted by molar-refractivity contribution is -0.123. The molecule has 0 saturated heterocycles. The topological polar surface area (TPSA) is 50.7 Å². The molecule has 0 aliphatic heterocycles. The molecule has 1 fully saturated rings. The van der Waals surface area contributed by atoms with Crippen LogP contribution in [0.25, 0.3) is 0 Å². The molecule has 0 heterocycles. The van der Waals surface area contributed by atoms with Gasteiger partial charge >= 0.3 is 0 Å². The van der Waals surface area contributed by atoms with Gasteiger partial charge in [0.2, 0.25) is 0 Å². The van der Waals surface area contributed by atoms with Crippen LogP contribution in [0.4, 0.5) is 0 Å². The Hall–Kier alpha value is -1.55. The molecule has 1 amide bonds. The van der Waals surface area contributed by atoms with Gasteiger partial charge in [0.05, 0.1) is 0 Å². The zero-order valence-electron chi connectivity index (χ0n) is 12.5. The van der Waals surface area contributed by atoms with E-state index in [1.807, 2.05) is 6.92 Å². The average Bonchev–Trinajstić information content (AvgIpc) is 2.46. The van der Waals surface area contributed by atoms with Gasteiger partial charge in [0.1, 0.15) is 5.75 Å². The van der Waals surface area contributed by atoms with Crippen LogP contribution < -0.4 is 10.2 Å². The predicted octanol–water partition coefficient (Wildman–Crippen LogP) is 3.71. The minimum atomic E-state index is -0.240. The van der Waals surface area contributed by atoms with E-state index in [1.54, 1.807) is 18.2 Å². The number of carbonyl (C=O) groups excluding carboxylic acids is 1. The number of hydrogen-bond donors (Lipinski definition) is 1. The molecule has 1 aromatic carbocycles. The molecule has 0 aromatic heterocycles. The smallest absolute Gasteiger partial charge is 0.277 e. The number of carbonyl (C=O) groups is 1. The van der Waals surface area contributed by atoms with Gasteiger partial charge in [-0.25, -0.2) is 5.43 Å². The van der Waals surface area contributed by atoms with Gasteiger partial charge in [-0.3, -0.25) is 4.79 Å². The van der Waals surface area contributed by atoms with E-state index in [1.165, 1.54) is 0 Å². The molecule has 114 valence electrons. The summed E-state index contributed by atoms with van der Waals surface area (Å²) >= 11 is 5.87. The molecule has 0 unspecified atom stereocenters. The summed E-state index contributed by atoms with van der Waals surface area (Å²) < 4.78 is 5.47. The third-order valence-corrected chi connectivity index (χ3v) is 3.92. The Bertz CT molecular complexity index is 533. The molecule has 21 heavy (non-hydrogen) atoms. The third kappa shape index (κ3) is 5.05. The normalized spacial score (nSPS) is 18.2. The first-order valence-corrected chi connectivity index (χ1v) is 7.65. The van der Waals surface area contributed by atoms with Crippen LogP contribution in [-0.4, -0.2) is 18.2 Å². The molecular weight excluding hydrogens is 288 g/mol. The van der Waals surface area contributed by atoms with E-state index in [9.17, 15) is 4.79 Å². The van der Waals surface area contributed by atoms with E-state index in [4.69, 9.17) is 16.3 Å². The maximum absolute atomic E-state index is 11.7. The summed E-state index contributed by atoms with van der Waals surface area (Å²) in [7, 11) is 0. The largest absolute Gasteiger partial charge is 0.483 e. The molecule has 0 radical (unpaired) electrons. The highest BCUT2D eigenvalue weighted by molar-refractivity contribution is 6.30. The van der Waals surface area contributed by atoms with Gasteiger partial charge in [0, 0.05) is 10.7 Å². The quantitative estimate of drug-likeness (QED) is 0.862. The van der Waals surface area contributed by atoms with E-state index in [-0.39, 0.29) is 12.5 Å². The van der Waals surface area contributed by atoms with Crippen LogP contribution in [0.1, 0.15) is 38.2 Å². The van der Waals surface area contributed by atoms with Crippen LogP contribution in [0, 0.1) is 12.8 Å². The molecule has 0 atom stereocenters. The van der Waals surface area contributed by atoms with Gasteiger partial charge < -0.3 is 4.74 Å². The number of amides is 1. The fraction of sp³-hybridized carbons (Fsp3) is 0.500. The van der Waals surface area contributed by atoms with Crippen LogP contribution in [0.5, 0.6) is 5.75 Å². The second-order valence-corrected chi connectivity index (χ2v) is 6.03. The number of hydrazone groups is 1. The Morgan fingerprint density at radius 2 is 2.14 bits per heavy atom. The molecule has 4 nitrogen and oxygen atoms in total. The minimum absolute atomic E-state index is 0.0460. The van der Waals surface area contributed by atoms with Crippen LogP contribution >= 0.6 is 11.6 Å². The van der Waals surface area contributed by atoms with Crippen molar-refractivity contribution in [1.29, 1.82) is 0 Å². The van der Waals surface area contributed by atoms with E-state index in [0.717, 1.165) is 42.9 Å². The second-order valence-electron chi connectivity index (χ2n) is 5.59. The molecular formula is C16H21ClN2O2. The van der Waals surface area contributed by atoms with E-state index < -0.39 is 0 Å². The number of halogens is 1. The lowest BCUT2D eigenvalue weighted by Crippen LogP contribution is -2.26. The van der Waals surface area contributed by atoms with Crippen molar-refractivity contribution in [2.75, 3.05) is 6.61 Å². The van der Waals surface area contributed by atoms with E-state index >= 15 is 0 Å². The molecule has 1 N–H and O–H groups in total. The summed E-state index contributed by atoms with van der Waals surface area (Å²) in [5.74, 6) is 1.18. The van der Waals surface area contributed by atoms with Gasteiger partial charge in [0.25, 0.3) is 5.91 Å². The van der Waals surface area contributed by atoms with Crippen molar-refractivity contribution in [1.82, 2.24) is 5.43 Å². The maximum Gasteiger partial charge on any atom is 0.277 e. The Kier molecular flexibility index (Phi) is 5.62. The summed E-state index contributed by atoms with van der Waals surface area (Å²) in [6.45, 7) is 4.09. The van der Waals surface area contributed by atoms with Crippen molar-refractivity contribution >= 4 is 23.2 Å². The number of rotatable bonds is 4. The monoisotopic (exact) mass is 308 g/mol. The Labute approximate surface area is 130 Å². The first-order chi connectivity index (χ1) is 10.0. The molecule has 0 spiro atoms. The van der Waals surface area contributed by atoms with Crippen molar-refractivity contribution < 1.29 is 9.53 Å². The Balaban J connectivity index is 1.78. The number of hydrogen-bond acceptors (Lipinski definition) is 3. The maximum atomic E-state index is 11.7. The molecule has 0 bridgehead atoms. The SMILES string of the molecule is Cc1cc(Cl)ccc1OCC(=O)NN=C1CCC(C)CC1. The highest BCUT2D eigenvalue weighted by atomic mass is 35.5. The summed E-state index contributed by atoms with van der Waals surface area (Å²) in [5.41, 5.74) is 4.54. The summed E-state index contributed by atoms with van der Waals surface area (Å²) in [5, 5.41) is 4.84. The molecule has 1 aliphatic rings. The van der Waals surface area contributed by atoms with Crippen molar-refractivity contribution in [2.45, 2.75) is 39.5 Å². The lowest BCUT2D eigenvalue weighted by Gasteiger charge is -2.18. The first kappa shape index (κ1) is 15.8. The average molecular weight is 309 g/mol. The highest BCUT2D eigenvalue weighted by Gasteiger charge is 2.13. The number of aryl methyl sites for hydroxylation is 1. The zero-order chi connectivity index (χ0) is 15.2. The number of nitrogens with zero attached hydrogens (tertiary/aromatic N) is 1. The van der Waals surface area contributed by atoms with Crippen LogP contribution in [0.15, 0.2) is 23.3 Å². The first-order valence-electron chi connectivity index (χ1n) is 7.28. The van der Waals surface area contributed by atoms with Gasteiger partial charge in [-0.05, 0) is 62.3 Å². The fourth-order valence-electron chi connectivity index (χ4n) is 2.30. The summed E-state index contributed by atoms with van der Waals surface area (Å²) in [6, 6.07) is 5.31. The Morgan fingerprint density at radius 1 is 1.43 bits per heavy atom. The molecule has 2 rings (SSSR count). The van der Waals surface area contributed by atoms with E-state index in [0.29, 0.717) is 10.8 Å². The van der Waals surface area contributed by atoms with Crippen LogP contribution in [-0.2, 0) is 4.79 Å². The van der Waals surface area contributed by atoms with Crippen molar-refractivity contribution in [3.05, 3.63) is 28.8 Å². The molecule has 5 heteroatoms. The minimum Gasteiger partial charge on any atom is -0.483 e. The fourth-order valence-corrected chi connectivity index (χ4v) is 2.53. The van der Waals surface area contributed by atoms with Crippen molar-refractivity contribution in [3.8, 4) is 5.75 Å². The summed E-state index contributed by atoms with van der Waals surface area (Å²) in [6.07, 6.45) is 4.24. The second kappa shape index (κ2) is 7.46. The van der Waals surface area contributed by atoms with Crippen molar-refractivity contribution in [2.24, 2.45) is 11.0 Å². The van der Waals surface area contributed by atoms with Gasteiger partial charge in [0.15, 0.2) is 6.61 Å². The van der Waals surface area contributed by atoms with Crippen LogP contribution in [0.3, 0.4) is 0 Å². The predicted molar refractivity (Wildman–Crippen MR) is 84.9 cm³/mol. The van der Waals surface area contributed by atoms with Gasteiger partial charge in [-0.1, -0.05) is 18.5 Å². The molecule has 1 aliphatic carbocycles. The Morgan fingerprint density at radius 3 is 2.81 bits per heavy atom. The van der Waals surface area contributed by atoms with Crippen LogP contribution in [0.2, 0.25) is 5.02 Å².